The molecule has 2 heteroatoms. The molecule has 1 heterocycles. The highest BCUT2D eigenvalue weighted by Gasteiger charge is 2.12. The molecule has 0 saturated heterocycles. The minimum atomic E-state index is 0.868. The summed E-state index contributed by atoms with van der Waals surface area (Å²) in [5, 5.41) is 1.25. The van der Waals surface area contributed by atoms with Crippen LogP contribution in [0.2, 0.25) is 0 Å². The van der Waals surface area contributed by atoms with Crippen molar-refractivity contribution in [1.82, 2.24) is 4.57 Å². The molecule has 0 aliphatic heterocycles. The summed E-state index contributed by atoms with van der Waals surface area (Å²) in [4.78, 5) is 0. The SMILES string of the molecule is COc1ccc(-n2c(-c3ccccc3)cc3cc(C)ccc32)cc1. The number of aromatic nitrogens is 1. The van der Waals surface area contributed by atoms with Gasteiger partial charge in [0, 0.05) is 11.1 Å². The fourth-order valence-electron chi connectivity index (χ4n) is 3.17. The summed E-state index contributed by atoms with van der Waals surface area (Å²) in [7, 11) is 1.69. The number of benzene rings is 3. The highest BCUT2D eigenvalue weighted by atomic mass is 16.5. The van der Waals surface area contributed by atoms with Gasteiger partial charge in [-0.1, -0.05) is 42.0 Å². The first kappa shape index (κ1) is 14.6. The lowest BCUT2D eigenvalue weighted by atomic mass is 10.1. The van der Waals surface area contributed by atoms with Crippen LogP contribution >= 0.6 is 0 Å². The maximum Gasteiger partial charge on any atom is 0.119 e. The summed E-state index contributed by atoms with van der Waals surface area (Å²) >= 11 is 0. The third kappa shape index (κ3) is 2.46. The Balaban J connectivity index is 2.00. The van der Waals surface area contributed by atoms with Crippen LogP contribution in [0.1, 0.15) is 5.56 Å². The van der Waals surface area contributed by atoms with Gasteiger partial charge in [0.05, 0.1) is 18.3 Å². The highest BCUT2D eigenvalue weighted by Crippen LogP contribution is 2.32. The van der Waals surface area contributed by atoms with Crippen LogP contribution in [0.25, 0.3) is 27.8 Å². The zero-order valence-electron chi connectivity index (χ0n) is 13.9. The topological polar surface area (TPSA) is 14.2 Å². The Morgan fingerprint density at radius 1 is 0.792 bits per heavy atom. The van der Waals surface area contributed by atoms with Crippen molar-refractivity contribution >= 4 is 10.9 Å². The number of hydrogen-bond donors (Lipinski definition) is 0. The van der Waals surface area contributed by atoms with Gasteiger partial charge in [0.2, 0.25) is 0 Å². The number of rotatable bonds is 3. The number of methoxy groups -OCH3 is 1. The van der Waals surface area contributed by atoms with Crippen molar-refractivity contribution in [3.8, 4) is 22.7 Å². The second kappa shape index (κ2) is 5.89. The molecule has 0 N–H and O–H groups in total. The molecule has 3 aromatic carbocycles. The maximum atomic E-state index is 5.30. The quantitative estimate of drug-likeness (QED) is 0.479. The van der Waals surface area contributed by atoms with Crippen LogP contribution in [0.4, 0.5) is 0 Å². The Morgan fingerprint density at radius 2 is 1.54 bits per heavy atom. The standard InChI is InChI=1S/C22H19NO/c1-16-8-13-21-18(14-16)15-22(17-6-4-3-5-7-17)23(21)19-9-11-20(24-2)12-10-19/h3-15H,1-2H3. The molecule has 4 rings (SSSR count). The van der Waals surface area contributed by atoms with Crippen molar-refractivity contribution in [2.45, 2.75) is 6.92 Å². The summed E-state index contributed by atoms with van der Waals surface area (Å²) in [6, 6.07) is 27.6. The van der Waals surface area contributed by atoms with Gasteiger partial charge in [0.1, 0.15) is 5.75 Å². The molecule has 0 radical (unpaired) electrons. The fourth-order valence-corrected chi connectivity index (χ4v) is 3.17. The van der Waals surface area contributed by atoms with E-state index in [4.69, 9.17) is 4.74 Å². The molecule has 0 amide bonds. The Morgan fingerprint density at radius 3 is 2.25 bits per heavy atom. The molecule has 0 spiro atoms. The normalized spacial score (nSPS) is 10.9. The van der Waals surface area contributed by atoms with Crippen LogP contribution in [-0.4, -0.2) is 11.7 Å². The third-order valence-electron chi connectivity index (χ3n) is 4.36. The van der Waals surface area contributed by atoms with E-state index in [9.17, 15) is 0 Å². The van der Waals surface area contributed by atoms with E-state index in [0.29, 0.717) is 0 Å². The van der Waals surface area contributed by atoms with Gasteiger partial charge in [0.15, 0.2) is 0 Å². The highest BCUT2D eigenvalue weighted by molar-refractivity contribution is 5.89. The minimum Gasteiger partial charge on any atom is -0.497 e. The molecule has 0 bridgehead atoms. The van der Waals surface area contributed by atoms with Crippen molar-refractivity contribution in [3.05, 3.63) is 84.4 Å². The summed E-state index contributed by atoms with van der Waals surface area (Å²) < 4.78 is 7.60. The largest absolute Gasteiger partial charge is 0.497 e. The summed E-state index contributed by atoms with van der Waals surface area (Å²) in [6.07, 6.45) is 0. The van der Waals surface area contributed by atoms with E-state index < -0.39 is 0 Å². The molecule has 0 aliphatic rings. The van der Waals surface area contributed by atoms with E-state index in [0.717, 1.165) is 11.4 Å². The van der Waals surface area contributed by atoms with Crippen LogP contribution in [-0.2, 0) is 0 Å². The number of nitrogens with zero attached hydrogens (tertiary/aromatic N) is 1. The second-order valence-corrected chi connectivity index (χ2v) is 5.99. The van der Waals surface area contributed by atoms with Gasteiger partial charge in [-0.15, -0.1) is 0 Å². The van der Waals surface area contributed by atoms with E-state index in [1.807, 2.05) is 18.2 Å². The molecule has 0 unspecified atom stereocenters. The summed E-state index contributed by atoms with van der Waals surface area (Å²) in [5.74, 6) is 0.868. The van der Waals surface area contributed by atoms with Crippen LogP contribution in [0.15, 0.2) is 78.9 Å². The lowest BCUT2D eigenvalue weighted by molar-refractivity contribution is 0.415. The Labute approximate surface area is 141 Å². The Hall–Kier alpha value is -3.00. The zero-order valence-corrected chi connectivity index (χ0v) is 13.9. The summed E-state index contributed by atoms with van der Waals surface area (Å²) in [5.41, 5.74) is 6.02. The molecule has 2 nitrogen and oxygen atoms in total. The third-order valence-corrected chi connectivity index (χ3v) is 4.36. The van der Waals surface area contributed by atoms with Crippen molar-refractivity contribution in [3.63, 3.8) is 0 Å². The van der Waals surface area contributed by atoms with Crippen LogP contribution < -0.4 is 4.74 Å². The maximum absolute atomic E-state index is 5.30. The number of hydrogen-bond acceptors (Lipinski definition) is 1. The van der Waals surface area contributed by atoms with Crippen molar-refractivity contribution in [2.24, 2.45) is 0 Å². The summed E-state index contributed by atoms with van der Waals surface area (Å²) in [6.45, 7) is 2.13. The molecular weight excluding hydrogens is 294 g/mol. The lowest BCUT2D eigenvalue weighted by Gasteiger charge is -2.12. The van der Waals surface area contributed by atoms with E-state index in [-0.39, 0.29) is 0 Å². The van der Waals surface area contributed by atoms with Crippen molar-refractivity contribution in [2.75, 3.05) is 7.11 Å². The number of fused-ring (bicyclic) bond motifs is 1. The smallest absolute Gasteiger partial charge is 0.119 e. The lowest BCUT2D eigenvalue weighted by Crippen LogP contribution is -1.96. The first-order valence-electron chi connectivity index (χ1n) is 8.08. The van der Waals surface area contributed by atoms with E-state index >= 15 is 0 Å². The monoisotopic (exact) mass is 313 g/mol. The molecule has 0 atom stereocenters. The molecule has 0 aliphatic carbocycles. The molecule has 0 saturated carbocycles. The van der Waals surface area contributed by atoms with Gasteiger partial charge in [0.25, 0.3) is 0 Å². The second-order valence-electron chi connectivity index (χ2n) is 5.99. The molecular formula is C22H19NO. The van der Waals surface area contributed by atoms with E-state index in [1.165, 1.54) is 27.7 Å². The fraction of sp³-hybridized carbons (Fsp3) is 0.0909. The van der Waals surface area contributed by atoms with Gasteiger partial charge in [-0.05, 0) is 55.0 Å². The Bertz CT molecular complexity index is 982. The predicted molar refractivity (Wildman–Crippen MR) is 100 cm³/mol. The first-order chi connectivity index (χ1) is 11.8. The van der Waals surface area contributed by atoms with Gasteiger partial charge in [-0.25, -0.2) is 0 Å². The van der Waals surface area contributed by atoms with Crippen LogP contribution in [0.3, 0.4) is 0 Å². The molecule has 0 fully saturated rings. The van der Waals surface area contributed by atoms with Gasteiger partial charge in [-0.2, -0.15) is 0 Å². The van der Waals surface area contributed by atoms with Gasteiger partial charge in [-0.3, -0.25) is 0 Å². The van der Waals surface area contributed by atoms with Crippen molar-refractivity contribution < 1.29 is 4.74 Å². The zero-order chi connectivity index (χ0) is 16.5. The average Bonchev–Trinajstić information content (AvgIpc) is 3.01. The average molecular weight is 313 g/mol. The minimum absolute atomic E-state index is 0.868. The Kier molecular flexibility index (Phi) is 3.58. The van der Waals surface area contributed by atoms with Crippen LogP contribution in [0, 0.1) is 6.92 Å². The molecule has 1 aromatic heterocycles. The van der Waals surface area contributed by atoms with E-state index in [2.05, 4.69) is 72.2 Å². The first-order valence-corrected chi connectivity index (χ1v) is 8.08. The van der Waals surface area contributed by atoms with Gasteiger partial charge < -0.3 is 9.30 Å². The van der Waals surface area contributed by atoms with Crippen molar-refractivity contribution in [1.29, 1.82) is 0 Å². The molecule has 24 heavy (non-hydrogen) atoms. The number of ether oxygens (including phenoxy) is 1. The number of aryl methyl sites for hydroxylation is 1. The van der Waals surface area contributed by atoms with E-state index in [1.54, 1.807) is 7.11 Å². The van der Waals surface area contributed by atoms with Crippen LogP contribution in [0.5, 0.6) is 5.75 Å². The molecule has 4 aromatic rings. The van der Waals surface area contributed by atoms with Gasteiger partial charge >= 0.3 is 0 Å². The molecule has 118 valence electrons. The predicted octanol–water partition coefficient (Wildman–Crippen LogP) is 5.61.